The van der Waals surface area contributed by atoms with Gasteiger partial charge in [0.25, 0.3) is 11.8 Å². The average Bonchev–Trinajstić information content (AvgIpc) is 2.98. The summed E-state index contributed by atoms with van der Waals surface area (Å²) in [6, 6.07) is 24.2. The maximum absolute atomic E-state index is 13.4. The SMILES string of the molecule is O=C1C(SCc2ccccc2)=C(c2ccc(F)cc2)C(=O)N1c1ccccc1. The Morgan fingerprint density at radius 1 is 0.750 bits per heavy atom. The van der Waals surface area contributed by atoms with Gasteiger partial charge in [-0.25, -0.2) is 9.29 Å². The van der Waals surface area contributed by atoms with Gasteiger partial charge in [-0.05, 0) is 35.4 Å². The molecule has 2 amide bonds. The largest absolute Gasteiger partial charge is 0.272 e. The molecule has 0 unspecified atom stereocenters. The number of imide groups is 1. The van der Waals surface area contributed by atoms with Gasteiger partial charge in [0.1, 0.15) is 5.82 Å². The van der Waals surface area contributed by atoms with Crippen molar-refractivity contribution in [2.24, 2.45) is 0 Å². The molecule has 1 aliphatic rings. The van der Waals surface area contributed by atoms with Crippen molar-refractivity contribution in [3.8, 4) is 0 Å². The molecule has 28 heavy (non-hydrogen) atoms. The van der Waals surface area contributed by atoms with Gasteiger partial charge < -0.3 is 0 Å². The number of rotatable bonds is 5. The third kappa shape index (κ3) is 3.49. The second-order valence-electron chi connectivity index (χ2n) is 6.27. The molecule has 0 N–H and O–H groups in total. The Morgan fingerprint density at radius 3 is 2.00 bits per heavy atom. The van der Waals surface area contributed by atoms with E-state index in [1.165, 1.54) is 40.9 Å². The molecular weight excluding hydrogens is 373 g/mol. The molecule has 4 rings (SSSR count). The van der Waals surface area contributed by atoms with E-state index in [0.717, 1.165) is 5.56 Å². The molecule has 138 valence electrons. The van der Waals surface area contributed by atoms with E-state index in [9.17, 15) is 14.0 Å². The van der Waals surface area contributed by atoms with Gasteiger partial charge in [0, 0.05) is 5.75 Å². The number of carbonyl (C=O) groups excluding carboxylic acids is 2. The molecule has 3 aromatic carbocycles. The van der Waals surface area contributed by atoms with Crippen molar-refractivity contribution in [2.45, 2.75) is 5.75 Å². The molecule has 0 saturated heterocycles. The van der Waals surface area contributed by atoms with Crippen LogP contribution in [0.3, 0.4) is 0 Å². The van der Waals surface area contributed by atoms with Gasteiger partial charge in [-0.2, -0.15) is 0 Å². The van der Waals surface area contributed by atoms with Crippen LogP contribution in [0.2, 0.25) is 0 Å². The van der Waals surface area contributed by atoms with E-state index in [4.69, 9.17) is 0 Å². The number of benzene rings is 3. The molecule has 3 aromatic rings. The zero-order valence-corrected chi connectivity index (χ0v) is 15.7. The summed E-state index contributed by atoms with van der Waals surface area (Å²) in [5, 5.41) is 0. The van der Waals surface area contributed by atoms with Crippen LogP contribution < -0.4 is 4.90 Å². The second-order valence-corrected chi connectivity index (χ2v) is 7.25. The van der Waals surface area contributed by atoms with Crippen LogP contribution in [-0.2, 0) is 15.3 Å². The van der Waals surface area contributed by atoms with Crippen LogP contribution in [0.5, 0.6) is 0 Å². The third-order valence-corrected chi connectivity index (χ3v) is 5.56. The summed E-state index contributed by atoms with van der Waals surface area (Å²) in [5.41, 5.74) is 2.42. The minimum atomic E-state index is -0.390. The standard InChI is InChI=1S/C23H16FNO2S/c24-18-13-11-17(12-14-18)20-21(28-15-16-7-3-1-4-8-16)23(27)25(22(20)26)19-9-5-2-6-10-19/h1-14H,15H2. The van der Waals surface area contributed by atoms with Crippen LogP contribution in [0.15, 0.2) is 89.8 Å². The highest BCUT2D eigenvalue weighted by Gasteiger charge is 2.40. The zero-order valence-electron chi connectivity index (χ0n) is 14.8. The minimum Gasteiger partial charge on any atom is -0.268 e. The molecule has 0 aromatic heterocycles. The summed E-state index contributed by atoms with van der Waals surface area (Å²) < 4.78 is 13.4. The van der Waals surface area contributed by atoms with Crippen molar-refractivity contribution in [1.29, 1.82) is 0 Å². The van der Waals surface area contributed by atoms with E-state index in [2.05, 4.69) is 0 Å². The fraction of sp³-hybridized carbons (Fsp3) is 0.0435. The maximum Gasteiger partial charge on any atom is 0.272 e. The van der Waals surface area contributed by atoms with Crippen molar-refractivity contribution in [3.05, 3.63) is 107 Å². The van der Waals surface area contributed by atoms with Gasteiger partial charge in [0.15, 0.2) is 0 Å². The van der Waals surface area contributed by atoms with Crippen LogP contribution in [-0.4, -0.2) is 11.8 Å². The molecule has 0 saturated carbocycles. The molecule has 5 heteroatoms. The first-order valence-electron chi connectivity index (χ1n) is 8.76. The van der Waals surface area contributed by atoms with Crippen molar-refractivity contribution in [2.75, 3.05) is 4.90 Å². The molecule has 1 heterocycles. The molecule has 0 bridgehead atoms. The van der Waals surface area contributed by atoms with Crippen LogP contribution in [0.4, 0.5) is 10.1 Å². The Kier molecular flexibility index (Phi) is 5.08. The van der Waals surface area contributed by atoms with Gasteiger partial charge in [-0.3, -0.25) is 9.59 Å². The summed E-state index contributed by atoms with van der Waals surface area (Å²) in [5.74, 6) is -0.572. The van der Waals surface area contributed by atoms with Crippen LogP contribution >= 0.6 is 11.8 Å². The number of hydrogen-bond acceptors (Lipinski definition) is 3. The van der Waals surface area contributed by atoms with Gasteiger partial charge in [-0.1, -0.05) is 60.7 Å². The van der Waals surface area contributed by atoms with Crippen molar-refractivity contribution in [1.82, 2.24) is 0 Å². The van der Waals surface area contributed by atoms with Crippen LogP contribution in [0.25, 0.3) is 5.57 Å². The number of carbonyl (C=O) groups is 2. The number of anilines is 1. The molecule has 0 aliphatic carbocycles. The highest BCUT2D eigenvalue weighted by Crippen LogP contribution is 2.39. The lowest BCUT2D eigenvalue weighted by molar-refractivity contribution is -0.119. The number of halogens is 1. The Bertz CT molecular complexity index is 1050. The van der Waals surface area contributed by atoms with E-state index in [0.29, 0.717) is 27.5 Å². The maximum atomic E-state index is 13.4. The monoisotopic (exact) mass is 389 g/mol. The lowest BCUT2D eigenvalue weighted by Gasteiger charge is -2.15. The normalized spacial score (nSPS) is 14.1. The van der Waals surface area contributed by atoms with E-state index < -0.39 is 5.91 Å². The predicted molar refractivity (Wildman–Crippen MR) is 110 cm³/mol. The molecule has 0 radical (unpaired) electrons. The van der Waals surface area contributed by atoms with E-state index in [1.54, 1.807) is 24.3 Å². The summed E-state index contributed by atoms with van der Waals surface area (Å²) in [7, 11) is 0. The lowest BCUT2D eigenvalue weighted by Crippen LogP contribution is -2.31. The molecular formula is C23H16FNO2S. The zero-order chi connectivity index (χ0) is 19.5. The van der Waals surface area contributed by atoms with E-state index >= 15 is 0 Å². The van der Waals surface area contributed by atoms with Crippen LogP contribution in [0, 0.1) is 5.82 Å². The highest BCUT2D eigenvalue weighted by molar-refractivity contribution is 8.03. The molecule has 0 spiro atoms. The quantitative estimate of drug-likeness (QED) is 0.574. The molecule has 0 atom stereocenters. The number of hydrogen-bond donors (Lipinski definition) is 0. The van der Waals surface area contributed by atoms with Crippen molar-refractivity contribution < 1.29 is 14.0 Å². The van der Waals surface area contributed by atoms with E-state index in [-0.39, 0.29) is 11.7 Å². The number of amides is 2. The summed E-state index contributed by atoms with van der Waals surface area (Å²) >= 11 is 1.33. The van der Waals surface area contributed by atoms with E-state index in [1.807, 2.05) is 36.4 Å². The summed E-state index contributed by atoms with van der Waals surface area (Å²) in [6.45, 7) is 0. The van der Waals surface area contributed by atoms with Gasteiger partial charge in [0.2, 0.25) is 0 Å². The molecule has 0 fully saturated rings. The Balaban J connectivity index is 1.74. The highest BCUT2D eigenvalue weighted by atomic mass is 32.2. The smallest absolute Gasteiger partial charge is 0.268 e. The van der Waals surface area contributed by atoms with Gasteiger partial charge >= 0.3 is 0 Å². The van der Waals surface area contributed by atoms with Crippen LogP contribution in [0.1, 0.15) is 11.1 Å². The Hall–Kier alpha value is -3.18. The van der Waals surface area contributed by atoms with Crippen molar-refractivity contribution >= 4 is 34.8 Å². The molecule has 3 nitrogen and oxygen atoms in total. The lowest BCUT2D eigenvalue weighted by atomic mass is 10.1. The number of thioether (sulfide) groups is 1. The average molecular weight is 389 g/mol. The first-order chi connectivity index (χ1) is 13.6. The second kappa shape index (κ2) is 7.82. The summed E-state index contributed by atoms with van der Waals surface area (Å²) in [4.78, 5) is 27.9. The van der Waals surface area contributed by atoms with Crippen molar-refractivity contribution in [3.63, 3.8) is 0 Å². The minimum absolute atomic E-state index is 0.315. The summed E-state index contributed by atoms with van der Waals surface area (Å²) in [6.07, 6.45) is 0. The van der Waals surface area contributed by atoms with Gasteiger partial charge in [0.05, 0.1) is 16.2 Å². The Morgan fingerprint density at radius 2 is 1.36 bits per heavy atom. The predicted octanol–water partition coefficient (Wildman–Crippen LogP) is 5.04. The fourth-order valence-electron chi connectivity index (χ4n) is 3.06. The number of para-hydroxylation sites is 1. The van der Waals surface area contributed by atoms with Gasteiger partial charge in [-0.15, -0.1) is 11.8 Å². The fourth-order valence-corrected chi connectivity index (χ4v) is 4.12. The first kappa shape index (κ1) is 18.2. The molecule has 1 aliphatic heterocycles. The number of nitrogens with zero attached hydrogens (tertiary/aromatic N) is 1. The third-order valence-electron chi connectivity index (χ3n) is 4.41. The Labute approximate surface area is 166 Å². The first-order valence-corrected chi connectivity index (χ1v) is 9.74. The topological polar surface area (TPSA) is 37.4 Å².